The molecule has 4 nitrogen and oxygen atoms in total. The molecule has 2 unspecified atom stereocenters. The minimum absolute atomic E-state index is 0.186. The maximum absolute atomic E-state index is 11.4. The predicted molar refractivity (Wildman–Crippen MR) is 54.9 cm³/mol. The molecule has 1 aliphatic rings. The van der Waals surface area contributed by atoms with Crippen molar-refractivity contribution in [2.45, 2.75) is 32.4 Å². The Morgan fingerprint density at radius 2 is 2.36 bits per heavy atom. The second-order valence-corrected chi connectivity index (χ2v) is 4.32. The summed E-state index contributed by atoms with van der Waals surface area (Å²) in [6.45, 7) is 5.24. The third kappa shape index (κ3) is 2.96. The van der Waals surface area contributed by atoms with E-state index >= 15 is 0 Å². The average molecular weight is 200 g/mol. The molecule has 1 aliphatic heterocycles. The summed E-state index contributed by atoms with van der Waals surface area (Å²) in [5.41, 5.74) is 0. The van der Waals surface area contributed by atoms with Gasteiger partial charge in [0.25, 0.3) is 0 Å². The van der Waals surface area contributed by atoms with Gasteiger partial charge in [0.05, 0.1) is 6.10 Å². The highest BCUT2D eigenvalue weighted by Gasteiger charge is 2.28. The van der Waals surface area contributed by atoms with Crippen molar-refractivity contribution in [3.8, 4) is 0 Å². The van der Waals surface area contributed by atoms with E-state index in [2.05, 4.69) is 12.2 Å². The van der Waals surface area contributed by atoms with Gasteiger partial charge in [0.2, 0.25) is 5.91 Å². The quantitative estimate of drug-likeness (QED) is 0.664. The molecule has 1 rings (SSSR count). The number of carbonyl (C=O) groups is 1. The molecular weight excluding hydrogens is 180 g/mol. The minimum atomic E-state index is -0.350. The number of likely N-dealkylation sites (tertiary alicyclic amines) is 1. The number of nitrogens with zero attached hydrogens (tertiary/aromatic N) is 1. The van der Waals surface area contributed by atoms with E-state index in [9.17, 15) is 4.79 Å². The van der Waals surface area contributed by atoms with Crippen LogP contribution >= 0.6 is 0 Å². The van der Waals surface area contributed by atoms with Gasteiger partial charge in [-0.1, -0.05) is 6.92 Å². The monoisotopic (exact) mass is 200 g/mol. The van der Waals surface area contributed by atoms with Gasteiger partial charge < -0.3 is 15.3 Å². The van der Waals surface area contributed by atoms with Gasteiger partial charge in [0.15, 0.2) is 0 Å². The lowest BCUT2D eigenvalue weighted by molar-refractivity contribution is -0.134. The number of nitrogens with one attached hydrogen (secondary N) is 1. The summed E-state index contributed by atoms with van der Waals surface area (Å²) in [4.78, 5) is 13.2. The van der Waals surface area contributed by atoms with E-state index in [1.165, 1.54) is 0 Å². The number of hydrogen-bond acceptors (Lipinski definition) is 3. The first-order valence-electron chi connectivity index (χ1n) is 5.16. The van der Waals surface area contributed by atoms with E-state index in [0.29, 0.717) is 18.9 Å². The summed E-state index contributed by atoms with van der Waals surface area (Å²) in [6, 6.07) is 0.216. The van der Waals surface area contributed by atoms with Crippen LogP contribution in [0.3, 0.4) is 0 Å². The Bertz CT molecular complexity index is 206. The van der Waals surface area contributed by atoms with E-state index < -0.39 is 0 Å². The van der Waals surface area contributed by atoms with Crippen molar-refractivity contribution in [3.05, 3.63) is 0 Å². The molecule has 0 aromatic heterocycles. The number of carbonyl (C=O) groups excluding carboxylic acids is 1. The lowest BCUT2D eigenvalue weighted by Crippen LogP contribution is -2.50. The van der Waals surface area contributed by atoms with Gasteiger partial charge in [-0.25, -0.2) is 0 Å². The lowest BCUT2D eigenvalue weighted by Gasteiger charge is -2.35. The average Bonchev–Trinajstić information content (AvgIpc) is 2.09. The molecule has 0 bridgehead atoms. The van der Waals surface area contributed by atoms with Crippen molar-refractivity contribution in [2.24, 2.45) is 5.92 Å². The van der Waals surface area contributed by atoms with Crippen LogP contribution in [0, 0.1) is 5.92 Å². The van der Waals surface area contributed by atoms with Crippen molar-refractivity contribution in [2.75, 3.05) is 20.1 Å². The molecule has 1 saturated heterocycles. The molecule has 0 aromatic rings. The fourth-order valence-corrected chi connectivity index (χ4v) is 1.80. The van der Waals surface area contributed by atoms with Crippen LogP contribution in [0.4, 0.5) is 0 Å². The molecule has 82 valence electrons. The van der Waals surface area contributed by atoms with Crippen molar-refractivity contribution in [1.82, 2.24) is 10.2 Å². The SMILES string of the molecule is CC1CN(C)C(=O)CC1NC[C@@H](C)O. The summed E-state index contributed by atoms with van der Waals surface area (Å²) in [5, 5.41) is 12.4. The summed E-state index contributed by atoms with van der Waals surface area (Å²) in [5.74, 6) is 0.641. The number of piperidine rings is 1. The van der Waals surface area contributed by atoms with Crippen molar-refractivity contribution < 1.29 is 9.90 Å². The van der Waals surface area contributed by atoms with Crippen LogP contribution in [0.25, 0.3) is 0 Å². The van der Waals surface area contributed by atoms with Gasteiger partial charge in [-0.3, -0.25) is 4.79 Å². The summed E-state index contributed by atoms with van der Waals surface area (Å²) in [6.07, 6.45) is 0.196. The summed E-state index contributed by atoms with van der Waals surface area (Å²) < 4.78 is 0. The molecule has 0 radical (unpaired) electrons. The zero-order valence-corrected chi connectivity index (χ0v) is 9.16. The third-order valence-corrected chi connectivity index (χ3v) is 2.74. The number of rotatable bonds is 3. The van der Waals surface area contributed by atoms with Crippen LogP contribution in [0.2, 0.25) is 0 Å². The number of aliphatic hydroxyl groups excluding tert-OH is 1. The fourth-order valence-electron chi connectivity index (χ4n) is 1.80. The highest BCUT2D eigenvalue weighted by Crippen LogP contribution is 2.16. The molecule has 0 aromatic carbocycles. The first-order valence-corrected chi connectivity index (χ1v) is 5.16. The van der Waals surface area contributed by atoms with E-state index in [1.54, 1.807) is 11.8 Å². The highest BCUT2D eigenvalue weighted by atomic mass is 16.3. The number of hydrogen-bond donors (Lipinski definition) is 2. The minimum Gasteiger partial charge on any atom is -0.392 e. The summed E-state index contributed by atoms with van der Waals surface area (Å²) in [7, 11) is 1.84. The van der Waals surface area contributed by atoms with Crippen LogP contribution in [0.5, 0.6) is 0 Å². The number of amides is 1. The molecule has 1 heterocycles. The first-order chi connectivity index (χ1) is 6.50. The first kappa shape index (κ1) is 11.5. The van der Waals surface area contributed by atoms with Crippen molar-refractivity contribution >= 4 is 5.91 Å². The van der Waals surface area contributed by atoms with Gasteiger partial charge >= 0.3 is 0 Å². The second kappa shape index (κ2) is 4.75. The van der Waals surface area contributed by atoms with E-state index in [1.807, 2.05) is 7.05 Å². The number of aliphatic hydroxyl groups is 1. The van der Waals surface area contributed by atoms with E-state index in [0.717, 1.165) is 6.54 Å². The largest absolute Gasteiger partial charge is 0.392 e. The molecule has 3 atom stereocenters. The Morgan fingerprint density at radius 1 is 1.71 bits per heavy atom. The van der Waals surface area contributed by atoms with Gasteiger partial charge in [-0.2, -0.15) is 0 Å². The topological polar surface area (TPSA) is 52.6 Å². The Hall–Kier alpha value is -0.610. The van der Waals surface area contributed by atoms with Gasteiger partial charge in [0, 0.05) is 32.6 Å². The molecular formula is C10H20N2O2. The smallest absolute Gasteiger partial charge is 0.223 e. The van der Waals surface area contributed by atoms with Crippen molar-refractivity contribution in [3.63, 3.8) is 0 Å². The summed E-state index contributed by atoms with van der Waals surface area (Å²) >= 11 is 0. The Morgan fingerprint density at radius 3 is 2.93 bits per heavy atom. The lowest BCUT2D eigenvalue weighted by atomic mass is 9.93. The van der Waals surface area contributed by atoms with Crippen molar-refractivity contribution in [1.29, 1.82) is 0 Å². The van der Waals surface area contributed by atoms with E-state index in [-0.39, 0.29) is 18.1 Å². The maximum atomic E-state index is 11.4. The van der Waals surface area contributed by atoms with Crippen LogP contribution < -0.4 is 5.32 Å². The molecule has 0 saturated carbocycles. The fraction of sp³-hybridized carbons (Fsp3) is 0.900. The Kier molecular flexibility index (Phi) is 3.89. The molecule has 14 heavy (non-hydrogen) atoms. The van der Waals surface area contributed by atoms with Crippen LogP contribution in [-0.4, -0.2) is 48.2 Å². The maximum Gasteiger partial charge on any atom is 0.223 e. The molecule has 1 amide bonds. The highest BCUT2D eigenvalue weighted by molar-refractivity contribution is 5.77. The molecule has 1 fully saturated rings. The van der Waals surface area contributed by atoms with Gasteiger partial charge in [-0.15, -0.1) is 0 Å². The Balaban J connectivity index is 2.41. The third-order valence-electron chi connectivity index (χ3n) is 2.74. The predicted octanol–water partition coefficient (Wildman–Crippen LogP) is -0.176. The van der Waals surface area contributed by atoms with E-state index in [4.69, 9.17) is 5.11 Å². The second-order valence-electron chi connectivity index (χ2n) is 4.32. The molecule has 0 aliphatic carbocycles. The molecule has 0 spiro atoms. The van der Waals surface area contributed by atoms with Gasteiger partial charge in [0.1, 0.15) is 0 Å². The van der Waals surface area contributed by atoms with Gasteiger partial charge in [-0.05, 0) is 12.8 Å². The molecule has 4 heteroatoms. The Labute approximate surface area is 85.3 Å². The zero-order valence-electron chi connectivity index (χ0n) is 9.16. The van der Waals surface area contributed by atoms with Crippen LogP contribution in [0.1, 0.15) is 20.3 Å². The van der Waals surface area contributed by atoms with Crippen LogP contribution in [0.15, 0.2) is 0 Å². The zero-order chi connectivity index (χ0) is 10.7. The van der Waals surface area contributed by atoms with Crippen LogP contribution in [-0.2, 0) is 4.79 Å². The normalized spacial score (nSPS) is 30.6. The standard InChI is InChI=1S/C10H20N2O2/c1-7-6-12(3)10(14)4-9(7)11-5-8(2)13/h7-9,11,13H,4-6H2,1-3H3/t7?,8-,9?/m1/s1. The molecule has 2 N–H and O–H groups in total.